The summed E-state index contributed by atoms with van der Waals surface area (Å²) in [6.07, 6.45) is 3.78. The summed E-state index contributed by atoms with van der Waals surface area (Å²) in [4.78, 5) is 8.34. The topological polar surface area (TPSA) is 102 Å². The second kappa shape index (κ2) is 4.09. The molecule has 2 aromatic rings. The fourth-order valence-electron chi connectivity index (χ4n) is 2.27. The molecule has 3 rings (SSSR count). The molecule has 0 radical (unpaired) electrons. The number of H-pyrrole nitrogens is 1. The Morgan fingerprint density at radius 3 is 3.17 bits per heavy atom. The van der Waals surface area contributed by atoms with E-state index in [-0.39, 0.29) is 11.5 Å². The van der Waals surface area contributed by atoms with Crippen molar-refractivity contribution in [3.05, 3.63) is 6.20 Å². The fourth-order valence-corrected chi connectivity index (χ4v) is 2.27. The van der Waals surface area contributed by atoms with Crippen LogP contribution in [-0.4, -0.2) is 38.9 Å². The summed E-state index contributed by atoms with van der Waals surface area (Å²) >= 11 is 0. The molecular formula is C11H16N6O. The summed E-state index contributed by atoms with van der Waals surface area (Å²) in [5.41, 5.74) is 6.21. The average Bonchev–Trinajstić information content (AvgIpc) is 2.77. The van der Waals surface area contributed by atoms with Crippen molar-refractivity contribution in [2.75, 3.05) is 24.3 Å². The molecule has 2 aromatic heterocycles. The van der Waals surface area contributed by atoms with Crippen LogP contribution in [0, 0.1) is 0 Å². The zero-order chi connectivity index (χ0) is 12.6. The van der Waals surface area contributed by atoms with E-state index in [4.69, 9.17) is 10.5 Å². The van der Waals surface area contributed by atoms with Crippen LogP contribution >= 0.6 is 0 Å². The van der Waals surface area contributed by atoms with Crippen molar-refractivity contribution in [1.82, 2.24) is 20.2 Å². The molecule has 0 spiro atoms. The number of hydrogen-bond donors (Lipinski definition) is 3. The Morgan fingerprint density at radius 1 is 1.50 bits per heavy atom. The molecule has 4 N–H and O–H groups in total. The van der Waals surface area contributed by atoms with Crippen molar-refractivity contribution in [2.24, 2.45) is 0 Å². The van der Waals surface area contributed by atoms with E-state index in [9.17, 15) is 0 Å². The van der Waals surface area contributed by atoms with Crippen molar-refractivity contribution in [1.29, 1.82) is 0 Å². The number of nitrogens with two attached hydrogens (primary N) is 1. The minimum Gasteiger partial charge on any atom is -0.379 e. The summed E-state index contributed by atoms with van der Waals surface area (Å²) in [5.74, 6) is 0.939. The van der Waals surface area contributed by atoms with Crippen LogP contribution in [0.4, 0.5) is 11.8 Å². The van der Waals surface area contributed by atoms with Gasteiger partial charge < -0.3 is 15.8 Å². The highest BCUT2D eigenvalue weighted by atomic mass is 16.5. The number of hydrogen-bond acceptors (Lipinski definition) is 6. The summed E-state index contributed by atoms with van der Waals surface area (Å²) < 4.78 is 5.52. The van der Waals surface area contributed by atoms with Crippen LogP contribution in [0.15, 0.2) is 6.20 Å². The van der Waals surface area contributed by atoms with Gasteiger partial charge in [-0.2, -0.15) is 15.1 Å². The van der Waals surface area contributed by atoms with Crippen LogP contribution < -0.4 is 11.1 Å². The van der Waals surface area contributed by atoms with Crippen LogP contribution in [0.5, 0.6) is 0 Å². The SMILES string of the molecule is CC1(Nc2nc(N)nc3[nH]ncc23)CCCOC1. The number of ether oxygens (including phenoxy) is 1. The molecular weight excluding hydrogens is 232 g/mol. The first-order valence-corrected chi connectivity index (χ1v) is 5.99. The van der Waals surface area contributed by atoms with Crippen LogP contribution in [0.2, 0.25) is 0 Å². The van der Waals surface area contributed by atoms with Gasteiger partial charge >= 0.3 is 0 Å². The van der Waals surface area contributed by atoms with Gasteiger partial charge in [-0.05, 0) is 19.8 Å². The maximum absolute atomic E-state index is 5.69. The average molecular weight is 248 g/mol. The summed E-state index contributed by atoms with van der Waals surface area (Å²) in [7, 11) is 0. The standard InChI is InChI=1S/C11H16N6O/c1-11(3-2-4-18-6-11)16-8-7-5-13-17-9(7)15-10(12)14-8/h5H,2-4,6H2,1H3,(H4,12,13,14,15,16,17). The molecule has 0 bridgehead atoms. The lowest BCUT2D eigenvalue weighted by atomic mass is 9.95. The molecule has 0 amide bonds. The van der Waals surface area contributed by atoms with Gasteiger partial charge in [0, 0.05) is 6.61 Å². The van der Waals surface area contributed by atoms with Crippen LogP contribution in [0.3, 0.4) is 0 Å². The van der Waals surface area contributed by atoms with Crippen molar-refractivity contribution in [3.63, 3.8) is 0 Å². The third-order valence-electron chi connectivity index (χ3n) is 3.19. The van der Waals surface area contributed by atoms with Gasteiger partial charge in [0.05, 0.1) is 23.7 Å². The van der Waals surface area contributed by atoms with Gasteiger partial charge in [0.15, 0.2) is 5.65 Å². The molecule has 1 aliphatic heterocycles. The Kier molecular flexibility index (Phi) is 2.55. The quantitative estimate of drug-likeness (QED) is 0.730. The van der Waals surface area contributed by atoms with E-state index < -0.39 is 0 Å². The van der Waals surface area contributed by atoms with E-state index in [1.54, 1.807) is 6.20 Å². The maximum Gasteiger partial charge on any atom is 0.224 e. The molecule has 1 fully saturated rings. The monoisotopic (exact) mass is 248 g/mol. The molecule has 96 valence electrons. The molecule has 7 nitrogen and oxygen atoms in total. The van der Waals surface area contributed by atoms with Crippen molar-refractivity contribution >= 4 is 22.8 Å². The Bertz CT molecular complexity index is 560. The Balaban J connectivity index is 1.96. The second-order valence-electron chi connectivity index (χ2n) is 4.90. The molecule has 0 aliphatic carbocycles. The van der Waals surface area contributed by atoms with Crippen molar-refractivity contribution in [2.45, 2.75) is 25.3 Å². The van der Waals surface area contributed by atoms with Gasteiger partial charge in [0.1, 0.15) is 5.82 Å². The summed E-state index contributed by atoms with van der Waals surface area (Å²) in [5, 5.41) is 11.0. The third kappa shape index (κ3) is 1.97. The largest absolute Gasteiger partial charge is 0.379 e. The highest BCUT2D eigenvalue weighted by Crippen LogP contribution is 2.27. The molecule has 1 unspecified atom stereocenters. The predicted octanol–water partition coefficient (Wildman–Crippen LogP) is 0.916. The lowest BCUT2D eigenvalue weighted by Crippen LogP contribution is -2.43. The number of aromatic amines is 1. The number of rotatable bonds is 2. The van der Waals surface area contributed by atoms with Crippen LogP contribution in [0.1, 0.15) is 19.8 Å². The predicted molar refractivity (Wildman–Crippen MR) is 68.2 cm³/mol. The van der Waals surface area contributed by atoms with Crippen molar-refractivity contribution in [3.8, 4) is 0 Å². The number of anilines is 2. The first-order chi connectivity index (χ1) is 8.66. The van der Waals surface area contributed by atoms with Gasteiger partial charge in [-0.1, -0.05) is 0 Å². The first-order valence-electron chi connectivity index (χ1n) is 5.99. The number of nitrogens with zero attached hydrogens (tertiary/aromatic N) is 3. The molecule has 18 heavy (non-hydrogen) atoms. The Labute approximate surface area is 104 Å². The molecule has 3 heterocycles. The summed E-state index contributed by atoms with van der Waals surface area (Å²) in [6, 6.07) is 0. The molecule has 0 aromatic carbocycles. The van der Waals surface area contributed by atoms with Gasteiger partial charge in [-0.25, -0.2) is 0 Å². The second-order valence-corrected chi connectivity index (χ2v) is 4.90. The van der Waals surface area contributed by atoms with E-state index >= 15 is 0 Å². The minimum absolute atomic E-state index is 0.122. The van der Waals surface area contributed by atoms with Gasteiger partial charge in [0.2, 0.25) is 5.95 Å². The molecule has 1 saturated heterocycles. The molecule has 0 saturated carbocycles. The Morgan fingerprint density at radius 2 is 2.39 bits per heavy atom. The molecule has 7 heteroatoms. The van der Waals surface area contributed by atoms with E-state index in [2.05, 4.69) is 32.4 Å². The molecule has 1 aliphatic rings. The maximum atomic E-state index is 5.69. The van der Waals surface area contributed by atoms with Gasteiger partial charge in [-0.3, -0.25) is 5.10 Å². The zero-order valence-electron chi connectivity index (χ0n) is 10.2. The normalized spacial score (nSPS) is 24.3. The number of nitrogen functional groups attached to an aromatic ring is 1. The smallest absolute Gasteiger partial charge is 0.224 e. The number of nitrogens with one attached hydrogen (secondary N) is 2. The lowest BCUT2D eigenvalue weighted by molar-refractivity contribution is 0.0539. The lowest BCUT2D eigenvalue weighted by Gasteiger charge is -2.34. The highest BCUT2D eigenvalue weighted by Gasteiger charge is 2.28. The van der Waals surface area contributed by atoms with Crippen LogP contribution in [-0.2, 0) is 4.74 Å². The third-order valence-corrected chi connectivity index (χ3v) is 3.19. The highest BCUT2D eigenvalue weighted by molar-refractivity contribution is 5.87. The van der Waals surface area contributed by atoms with Gasteiger partial charge in [-0.15, -0.1) is 0 Å². The van der Waals surface area contributed by atoms with Crippen molar-refractivity contribution < 1.29 is 4.74 Å². The van der Waals surface area contributed by atoms with E-state index in [0.717, 1.165) is 24.8 Å². The number of aromatic nitrogens is 4. The fraction of sp³-hybridized carbons (Fsp3) is 0.545. The minimum atomic E-state index is -0.122. The summed E-state index contributed by atoms with van der Waals surface area (Å²) in [6.45, 7) is 3.61. The Hall–Kier alpha value is -1.89. The number of fused-ring (bicyclic) bond motifs is 1. The van der Waals surface area contributed by atoms with Gasteiger partial charge in [0.25, 0.3) is 0 Å². The van der Waals surface area contributed by atoms with Crippen LogP contribution in [0.25, 0.3) is 11.0 Å². The van der Waals surface area contributed by atoms with E-state index in [1.165, 1.54) is 0 Å². The molecule has 1 atom stereocenters. The first kappa shape index (κ1) is 11.2. The van der Waals surface area contributed by atoms with E-state index in [1.807, 2.05) is 0 Å². The van der Waals surface area contributed by atoms with E-state index in [0.29, 0.717) is 18.1 Å². The zero-order valence-corrected chi connectivity index (χ0v) is 10.2.